The lowest BCUT2D eigenvalue weighted by atomic mass is 9.91. The van der Waals surface area contributed by atoms with E-state index in [9.17, 15) is 0 Å². The third-order valence-electron chi connectivity index (χ3n) is 7.20. The summed E-state index contributed by atoms with van der Waals surface area (Å²) in [6.45, 7) is 7.08. The van der Waals surface area contributed by atoms with Gasteiger partial charge in [-0.2, -0.15) is 0 Å². The first-order valence-corrected chi connectivity index (χ1v) is 12.9. The fourth-order valence-electron chi connectivity index (χ4n) is 5.46. The van der Waals surface area contributed by atoms with E-state index in [1.54, 1.807) is 22.3 Å². The van der Waals surface area contributed by atoms with Crippen molar-refractivity contribution in [3.63, 3.8) is 0 Å². The van der Waals surface area contributed by atoms with Gasteiger partial charge in [-0.15, -0.1) is 34.0 Å². The second kappa shape index (κ2) is 15.8. The van der Waals surface area contributed by atoms with Crippen LogP contribution in [0.3, 0.4) is 0 Å². The summed E-state index contributed by atoms with van der Waals surface area (Å²) in [6, 6.07) is 17.9. The van der Waals surface area contributed by atoms with Crippen molar-refractivity contribution in [2.75, 3.05) is 22.9 Å². The van der Waals surface area contributed by atoms with E-state index >= 15 is 0 Å². The van der Waals surface area contributed by atoms with Crippen molar-refractivity contribution in [1.82, 2.24) is 0 Å². The van der Waals surface area contributed by atoms with Gasteiger partial charge in [-0.25, -0.2) is 0 Å². The lowest BCUT2D eigenvalue weighted by Gasteiger charge is -2.37. The van der Waals surface area contributed by atoms with Crippen LogP contribution in [0.15, 0.2) is 80.6 Å². The minimum absolute atomic E-state index is 0. The smallest absolute Gasteiger partial charge is 1.00 e. The first-order valence-electron chi connectivity index (χ1n) is 11.1. The van der Waals surface area contributed by atoms with Crippen molar-refractivity contribution in [3.05, 3.63) is 70.8 Å². The van der Waals surface area contributed by atoms with E-state index in [2.05, 4.69) is 95.7 Å². The number of para-hydroxylation sites is 2. The second-order valence-electron chi connectivity index (χ2n) is 8.87. The van der Waals surface area contributed by atoms with Crippen LogP contribution in [-0.4, -0.2) is 23.8 Å². The monoisotopic (exact) mass is 912 g/mol. The van der Waals surface area contributed by atoms with Gasteiger partial charge in [0.25, 0.3) is 0 Å². The van der Waals surface area contributed by atoms with E-state index in [4.69, 9.17) is 0 Å². The molecule has 10 heteroatoms. The number of rotatable bonds is 3. The molecule has 2 aromatic carbocycles. The van der Waals surface area contributed by atoms with Crippen molar-refractivity contribution in [2.45, 2.75) is 60.1 Å². The summed E-state index contributed by atoms with van der Waals surface area (Å²) in [7, 11) is 0. The molecule has 2 nitrogen and oxygen atoms in total. The number of fused-ring (bicyclic) bond motifs is 6. The Morgan fingerprint density at radius 2 is 1.03 bits per heavy atom. The summed E-state index contributed by atoms with van der Waals surface area (Å²) in [4.78, 5) is 8.21. The Labute approximate surface area is 293 Å². The van der Waals surface area contributed by atoms with Gasteiger partial charge in [0.1, 0.15) is 10.7 Å². The van der Waals surface area contributed by atoms with Crippen molar-refractivity contribution >= 4 is 68.9 Å². The molecule has 0 spiro atoms. The molecule has 0 fully saturated rings. The number of nitrogens with zero attached hydrogens (tertiary/aromatic N) is 2. The lowest BCUT2D eigenvalue weighted by molar-refractivity contribution is -0.00100. The quantitative estimate of drug-likeness (QED) is 0.299. The van der Waals surface area contributed by atoms with E-state index in [1.165, 1.54) is 46.8 Å². The molecule has 2 aromatic rings. The van der Waals surface area contributed by atoms with Crippen LogP contribution in [0.1, 0.15) is 45.2 Å². The van der Waals surface area contributed by atoms with Crippen molar-refractivity contribution < 1.29 is 73.6 Å². The van der Waals surface area contributed by atoms with Crippen LogP contribution in [0.2, 0.25) is 0 Å². The van der Waals surface area contributed by atoms with Crippen LogP contribution >= 0.6 is 57.5 Å². The predicted octanol–water partition coefficient (Wildman–Crippen LogP) is -3.29. The Balaban J connectivity index is -0.000000408. The van der Waals surface area contributed by atoms with Crippen LogP contribution in [0, 0.1) is 0 Å². The first kappa shape index (κ1) is 37.1. The Hall–Kier alpha value is 1.10. The van der Waals surface area contributed by atoms with Crippen LogP contribution in [0.4, 0.5) is 11.4 Å². The summed E-state index contributed by atoms with van der Waals surface area (Å²) in [5.74, 6) is 0. The van der Waals surface area contributed by atoms with E-state index in [-0.39, 0.29) is 108 Å². The fourth-order valence-corrected chi connectivity index (χ4v) is 8.49. The highest BCUT2D eigenvalue weighted by atomic mass is 79.9. The summed E-state index contributed by atoms with van der Waals surface area (Å²) < 4.78 is 0. The Morgan fingerprint density at radius 1 is 0.667 bits per heavy atom. The van der Waals surface area contributed by atoms with E-state index in [0.29, 0.717) is 10.7 Å². The molecule has 2 atom stereocenters. The molecule has 0 amide bonds. The maximum Gasteiger partial charge on any atom is 1.00 e. The number of halogens is 6. The number of hydrogen-bond acceptors (Lipinski definition) is 4. The van der Waals surface area contributed by atoms with Gasteiger partial charge in [0.05, 0.1) is 11.4 Å². The Kier molecular flexibility index (Phi) is 16.3. The molecule has 0 bridgehead atoms. The highest BCUT2D eigenvalue weighted by molar-refractivity contribution is 8.93. The van der Waals surface area contributed by atoms with Gasteiger partial charge < -0.3 is 77.7 Å². The molecule has 0 saturated carbocycles. The van der Waals surface area contributed by atoms with Gasteiger partial charge in [0.2, 0.25) is 0 Å². The van der Waals surface area contributed by atoms with Crippen LogP contribution < -0.4 is 77.7 Å². The largest absolute Gasteiger partial charge is 1.00 e. The number of thioether (sulfide) groups is 2. The van der Waals surface area contributed by atoms with Gasteiger partial charge in [-0.1, -0.05) is 58.9 Å². The predicted molar refractivity (Wildman–Crippen MR) is 156 cm³/mol. The van der Waals surface area contributed by atoms with Crippen LogP contribution in [0.5, 0.6) is 0 Å². The summed E-state index contributed by atoms with van der Waals surface area (Å²) >= 11 is 4.13. The first-order chi connectivity index (χ1) is 14.7. The average molecular weight is 918 g/mol. The van der Waals surface area contributed by atoms with Crippen LogP contribution in [0.25, 0.3) is 0 Å². The normalized spacial score (nSPS) is 20.6. The van der Waals surface area contributed by atoms with Gasteiger partial charge in [0, 0.05) is 22.9 Å². The summed E-state index contributed by atoms with van der Waals surface area (Å²) in [5, 5.41) is 1.01. The summed E-state index contributed by atoms with van der Waals surface area (Å²) in [6.07, 6.45) is 4.80. The zero-order valence-electron chi connectivity index (χ0n) is 24.1. The van der Waals surface area contributed by atoms with Gasteiger partial charge >= 0.3 is 5.71 Å². The molecule has 4 heterocycles. The van der Waals surface area contributed by atoms with E-state index in [1.807, 2.05) is 0 Å². The molecule has 202 valence electrons. The maximum absolute atomic E-state index is 2.65. The maximum atomic E-state index is 2.65. The Morgan fingerprint density at radius 3 is 1.42 bits per heavy atom. The fraction of sp³-hybridized carbons (Fsp3) is 0.385. The topological polar surface area (TPSA) is 6.48 Å². The Bertz CT molecular complexity index is 1030. The van der Waals surface area contributed by atoms with Crippen molar-refractivity contribution in [1.29, 1.82) is 0 Å². The third kappa shape index (κ3) is 6.69. The molecule has 0 aliphatic carbocycles. The molecule has 4 aliphatic heterocycles. The molecule has 4 aliphatic rings. The van der Waals surface area contributed by atoms with Gasteiger partial charge in [-0.3, -0.25) is 0 Å². The van der Waals surface area contributed by atoms with Crippen LogP contribution in [-0.2, 0) is 0 Å². The standard InChI is InChI=1S/C26H28N2S2.6BrH/c1-17-13-15-27-21-7-3-5-9-23(21)29-25(27)19(17)11-12-20-18(2)14-16-28-22-8-4-6-10-24(22)30-26(20)28;;;;;;/h3-10,25-26H,11-16H2,1-2H3;6*1H. The van der Waals surface area contributed by atoms with Crippen molar-refractivity contribution in [3.8, 4) is 0 Å². The molecule has 6 rings (SSSR count). The summed E-state index contributed by atoms with van der Waals surface area (Å²) in [5.41, 5.74) is 9.51. The minimum Gasteiger partial charge on any atom is -1.00 e. The average Bonchev–Trinajstić information content (AvgIpc) is 3.32. The van der Waals surface area contributed by atoms with Gasteiger partial charge in [0.15, 0.2) is 0 Å². The highest BCUT2D eigenvalue weighted by Gasteiger charge is 2.38. The molecular formula is C26H34Br6N2S2. The number of benzene rings is 2. The minimum atomic E-state index is 0. The van der Waals surface area contributed by atoms with Gasteiger partial charge in [-0.05, 0) is 74.9 Å². The zero-order chi connectivity index (χ0) is 20.2. The second-order valence-corrected chi connectivity index (χ2v) is 11.1. The number of hydrogen-bond donors (Lipinski definition) is 0. The van der Waals surface area contributed by atoms with Crippen molar-refractivity contribution in [2.24, 2.45) is 0 Å². The van der Waals surface area contributed by atoms with E-state index in [0.717, 1.165) is 13.1 Å². The molecule has 36 heavy (non-hydrogen) atoms. The third-order valence-corrected chi connectivity index (χ3v) is 9.93. The molecule has 2 unspecified atom stereocenters. The zero-order valence-corrected chi connectivity index (χ0v) is 31.5. The molecule has 0 N–H and O–H groups in total. The molecule has 0 radical (unpaired) electrons. The number of anilines is 2. The molecular weight excluding hydrogens is 884 g/mol. The molecule has 0 aromatic heterocycles. The lowest BCUT2D eigenvalue weighted by Crippen LogP contribution is -3.00. The molecule has 0 saturated heterocycles. The SMILES string of the molecule is Br.Br.CC1=C(CCC2=C(C)CCN3c4ccccc4SC23)C2Sc3ccccc3N2CC1.[Br-].[Br-].[Br-].[Br-].[H+].[H+].[H+].[H+]. The van der Waals surface area contributed by atoms with E-state index < -0.39 is 0 Å². The highest BCUT2D eigenvalue weighted by Crippen LogP contribution is 2.52.